The van der Waals surface area contributed by atoms with Gasteiger partial charge >= 0.3 is 0 Å². The Morgan fingerprint density at radius 2 is 1.80 bits per heavy atom. The van der Waals surface area contributed by atoms with Gasteiger partial charge in [0.05, 0.1) is 6.10 Å². The second-order valence-corrected chi connectivity index (χ2v) is 5.33. The Kier molecular flexibility index (Phi) is 6.69. The van der Waals surface area contributed by atoms with E-state index in [1.54, 1.807) is 0 Å². The van der Waals surface area contributed by atoms with Gasteiger partial charge in [-0.2, -0.15) is 0 Å². The highest BCUT2D eigenvalue weighted by Gasteiger charge is 2.39. The van der Waals surface area contributed by atoms with E-state index < -0.39 is 0 Å². The Morgan fingerprint density at radius 3 is 2.25 bits per heavy atom. The first kappa shape index (κ1) is 17.2. The molecule has 0 fully saturated rings. The monoisotopic (exact) mass is 281 g/mol. The largest absolute Gasteiger partial charge is 0.391 e. The second kappa shape index (κ2) is 7.79. The summed E-state index contributed by atoms with van der Waals surface area (Å²) in [6, 6.07) is 0. The van der Waals surface area contributed by atoms with Crippen LogP contribution in [0.4, 0.5) is 0 Å². The lowest BCUT2D eigenvalue weighted by Crippen LogP contribution is -2.56. The molecule has 0 bridgehead atoms. The van der Waals surface area contributed by atoms with Crippen molar-refractivity contribution in [2.75, 3.05) is 13.1 Å². The summed E-state index contributed by atoms with van der Waals surface area (Å²) in [6.45, 7) is 13.6. The molecule has 1 aromatic heterocycles. The molecule has 4 heteroatoms. The lowest BCUT2D eigenvalue weighted by Gasteiger charge is -2.45. The number of nitrogens with zero attached hydrogens (tertiary/aromatic N) is 3. The fraction of sp³-hybridized carbons (Fsp3) is 0.812. The Morgan fingerprint density at radius 1 is 1.20 bits per heavy atom. The summed E-state index contributed by atoms with van der Waals surface area (Å²) in [5, 5.41) is 10.9. The van der Waals surface area contributed by atoms with Crippen molar-refractivity contribution in [1.82, 2.24) is 14.5 Å². The second-order valence-electron chi connectivity index (χ2n) is 5.33. The van der Waals surface area contributed by atoms with E-state index in [-0.39, 0.29) is 11.6 Å². The van der Waals surface area contributed by atoms with Crippen molar-refractivity contribution in [1.29, 1.82) is 0 Å². The van der Waals surface area contributed by atoms with Crippen LogP contribution in [-0.2, 0) is 13.0 Å². The predicted octanol–water partition coefficient (Wildman–Crippen LogP) is 2.71. The molecule has 0 aliphatic rings. The molecule has 1 N–H and O–H groups in total. The number of hydrogen-bond acceptors (Lipinski definition) is 3. The molecule has 0 aromatic carbocycles. The lowest BCUT2D eigenvalue weighted by molar-refractivity contribution is -0.0352. The smallest absolute Gasteiger partial charge is 0.111 e. The molecule has 1 heterocycles. The van der Waals surface area contributed by atoms with E-state index in [9.17, 15) is 5.11 Å². The number of aryl methyl sites for hydroxylation is 1. The van der Waals surface area contributed by atoms with Gasteiger partial charge in [-0.25, -0.2) is 4.98 Å². The van der Waals surface area contributed by atoms with Crippen molar-refractivity contribution in [3.05, 3.63) is 18.2 Å². The van der Waals surface area contributed by atoms with Crippen LogP contribution in [0.2, 0.25) is 0 Å². The van der Waals surface area contributed by atoms with Crippen LogP contribution in [0, 0.1) is 0 Å². The predicted molar refractivity (Wildman–Crippen MR) is 83.8 cm³/mol. The molecule has 0 saturated carbocycles. The van der Waals surface area contributed by atoms with Gasteiger partial charge in [0.25, 0.3) is 0 Å². The SMILES string of the molecule is CCN(CC)C(CC)(CC)C(O)Cc1nccn1CC. The fourth-order valence-corrected chi connectivity index (χ4v) is 3.41. The van der Waals surface area contributed by atoms with Crippen LogP contribution in [0.1, 0.15) is 53.3 Å². The van der Waals surface area contributed by atoms with Crippen LogP contribution < -0.4 is 0 Å². The molecule has 0 aliphatic carbocycles. The quantitative estimate of drug-likeness (QED) is 0.756. The Balaban J connectivity index is 2.97. The van der Waals surface area contributed by atoms with Gasteiger partial charge in [-0.3, -0.25) is 4.90 Å². The zero-order valence-electron chi connectivity index (χ0n) is 13.8. The summed E-state index contributed by atoms with van der Waals surface area (Å²) in [4.78, 5) is 6.80. The third kappa shape index (κ3) is 3.23. The van der Waals surface area contributed by atoms with Crippen LogP contribution in [0.25, 0.3) is 0 Å². The molecule has 1 aromatic rings. The molecule has 1 atom stereocenters. The molecule has 0 radical (unpaired) electrons. The summed E-state index contributed by atoms with van der Waals surface area (Å²) in [5.74, 6) is 0.985. The van der Waals surface area contributed by atoms with E-state index in [1.807, 2.05) is 12.4 Å². The van der Waals surface area contributed by atoms with Crippen LogP contribution in [-0.4, -0.2) is 44.3 Å². The number of hydrogen-bond donors (Lipinski definition) is 1. The van der Waals surface area contributed by atoms with Gasteiger partial charge in [0.15, 0.2) is 0 Å². The highest BCUT2D eigenvalue weighted by atomic mass is 16.3. The molecular weight excluding hydrogens is 250 g/mol. The van der Waals surface area contributed by atoms with Gasteiger partial charge < -0.3 is 9.67 Å². The van der Waals surface area contributed by atoms with Crippen molar-refractivity contribution < 1.29 is 5.11 Å². The van der Waals surface area contributed by atoms with E-state index >= 15 is 0 Å². The minimum Gasteiger partial charge on any atom is -0.391 e. The van der Waals surface area contributed by atoms with Gasteiger partial charge in [0.2, 0.25) is 0 Å². The summed E-state index contributed by atoms with van der Waals surface area (Å²) in [6.07, 6.45) is 5.96. The first-order valence-electron chi connectivity index (χ1n) is 8.02. The van der Waals surface area contributed by atoms with E-state index in [0.29, 0.717) is 6.42 Å². The molecule has 1 rings (SSSR count). The third-order valence-corrected chi connectivity index (χ3v) is 4.76. The molecule has 20 heavy (non-hydrogen) atoms. The topological polar surface area (TPSA) is 41.3 Å². The van der Waals surface area contributed by atoms with Gasteiger partial charge in [0, 0.05) is 30.9 Å². The zero-order chi connectivity index (χ0) is 15.2. The summed E-state index contributed by atoms with van der Waals surface area (Å²) in [7, 11) is 0. The number of imidazole rings is 1. The average molecular weight is 281 g/mol. The zero-order valence-corrected chi connectivity index (χ0v) is 13.8. The maximum atomic E-state index is 10.9. The first-order valence-corrected chi connectivity index (χ1v) is 8.02. The Labute approximate surface area is 123 Å². The standard InChI is InChI=1S/C16H31N3O/c1-6-16(7-2,19(9-4)10-5)14(20)13-15-17-11-12-18(15)8-3/h11-12,14,20H,6-10,13H2,1-5H3. The van der Waals surface area contributed by atoms with Gasteiger partial charge in [0.1, 0.15) is 5.82 Å². The highest BCUT2D eigenvalue weighted by molar-refractivity contribution is 5.02. The Hall–Kier alpha value is -0.870. The molecule has 116 valence electrons. The molecule has 0 aliphatic heterocycles. The normalized spacial score (nSPS) is 13.9. The molecule has 0 spiro atoms. The molecule has 0 amide bonds. The number of aliphatic hydroxyl groups excluding tert-OH is 1. The number of aromatic nitrogens is 2. The maximum Gasteiger partial charge on any atom is 0.111 e. The van der Waals surface area contributed by atoms with Crippen LogP contribution in [0.15, 0.2) is 12.4 Å². The number of rotatable bonds is 9. The first-order chi connectivity index (χ1) is 9.59. The van der Waals surface area contributed by atoms with E-state index in [4.69, 9.17) is 0 Å². The van der Waals surface area contributed by atoms with Crippen molar-refractivity contribution in [2.24, 2.45) is 0 Å². The molecular formula is C16H31N3O. The maximum absolute atomic E-state index is 10.9. The van der Waals surface area contributed by atoms with E-state index in [2.05, 4.69) is 49.1 Å². The van der Waals surface area contributed by atoms with Crippen LogP contribution >= 0.6 is 0 Å². The lowest BCUT2D eigenvalue weighted by atomic mass is 9.82. The van der Waals surface area contributed by atoms with Gasteiger partial charge in [-0.1, -0.05) is 27.7 Å². The van der Waals surface area contributed by atoms with E-state index in [0.717, 1.165) is 38.3 Å². The van der Waals surface area contributed by atoms with Crippen LogP contribution in [0.5, 0.6) is 0 Å². The summed E-state index contributed by atoms with van der Waals surface area (Å²) < 4.78 is 2.11. The molecule has 4 nitrogen and oxygen atoms in total. The van der Waals surface area contributed by atoms with E-state index in [1.165, 1.54) is 0 Å². The van der Waals surface area contributed by atoms with Crippen molar-refractivity contribution in [3.63, 3.8) is 0 Å². The Bertz CT molecular complexity index is 381. The minimum absolute atomic E-state index is 0.145. The van der Waals surface area contributed by atoms with Crippen LogP contribution in [0.3, 0.4) is 0 Å². The minimum atomic E-state index is -0.384. The average Bonchev–Trinajstić information content (AvgIpc) is 2.91. The fourth-order valence-electron chi connectivity index (χ4n) is 3.41. The summed E-state index contributed by atoms with van der Waals surface area (Å²) >= 11 is 0. The van der Waals surface area contributed by atoms with Crippen molar-refractivity contribution in [2.45, 2.75) is 72.1 Å². The summed E-state index contributed by atoms with van der Waals surface area (Å²) in [5.41, 5.74) is -0.145. The molecule has 1 unspecified atom stereocenters. The number of likely N-dealkylation sites (N-methyl/N-ethyl adjacent to an activating group) is 1. The number of aliphatic hydroxyl groups is 1. The van der Waals surface area contributed by atoms with Crippen molar-refractivity contribution in [3.8, 4) is 0 Å². The van der Waals surface area contributed by atoms with Crippen molar-refractivity contribution >= 4 is 0 Å². The third-order valence-electron chi connectivity index (χ3n) is 4.76. The van der Waals surface area contributed by atoms with Gasteiger partial charge in [-0.15, -0.1) is 0 Å². The van der Waals surface area contributed by atoms with Gasteiger partial charge in [-0.05, 0) is 32.9 Å². The molecule has 0 saturated heterocycles. The highest BCUT2D eigenvalue weighted by Crippen LogP contribution is 2.29.